The highest BCUT2D eigenvalue weighted by Gasteiger charge is 2.17. The predicted octanol–water partition coefficient (Wildman–Crippen LogP) is 3.85. The van der Waals surface area contributed by atoms with Gasteiger partial charge in [0.1, 0.15) is 5.75 Å². The Morgan fingerprint density at radius 1 is 1.24 bits per heavy atom. The van der Waals surface area contributed by atoms with E-state index in [-0.39, 0.29) is 0 Å². The number of benzene rings is 1. The van der Waals surface area contributed by atoms with Crippen LogP contribution in [-0.2, 0) is 0 Å². The van der Waals surface area contributed by atoms with Crippen LogP contribution in [0.3, 0.4) is 0 Å². The third-order valence-electron chi connectivity index (χ3n) is 3.02. The Morgan fingerprint density at radius 3 is 2.59 bits per heavy atom. The van der Waals surface area contributed by atoms with Gasteiger partial charge >= 0.3 is 0 Å². The van der Waals surface area contributed by atoms with Crippen LogP contribution < -0.4 is 4.74 Å². The molecule has 1 aromatic rings. The first-order valence-electron chi connectivity index (χ1n) is 6.16. The average molecular weight is 249 g/mol. The maximum atomic E-state index is 5.72. The highest BCUT2D eigenvalue weighted by molar-refractivity contribution is 6.18. The largest absolute Gasteiger partial charge is 0.493 e. The normalized spacial score (nSPS) is 14.6. The lowest BCUT2D eigenvalue weighted by Crippen LogP contribution is -2.19. The van der Waals surface area contributed by atoms with Crippen LogP contribution in [-0.4, -0.2) is 12.5 Å². The lowest BCUT2D eigenvalue weighted by molar-refractivity contribution is 0.180. The Balaban J connectivity index is 1.82. The van der Waals surface area contributed by atoms with E-state index < -0.39 is 0 Å². The SMILES string of the molecule is ClCCC#Cc1ccc(OCC2CCC2)cc1. The van der Waals surface area contributed by atoms with Gasteiger partial charge in [-0.05, 0) is 43.0 Å². The van der Waals surface area contributed by atoms with Crippen molar-refractivity contribution in [2.24, 2.45) is 5.92 Å². The van der Waals surface area contributed by atoms with Crippen molar-refractivity contribution in [3.8, 4) is 17.6 Å². The minimum Gasteiger partial charge on any atom is -0.493 e. The summed E-state index contributed by atoms with van der Waals surface area (Å²) in [4.78, 5) is 0. The van der Waals surface area contributed by atoms with Crippen LogP contribution in [0.15, 0.2) is 24.3 Å². The van der Waals surface area contributed by atoms with Gasteiger partial charge < -0.3 is 4.74 Å². The molecule has 0 bridgehead atoms. The van der Waals surface area contributed by atoms with Gasteiger partial charge in [0.25, 0.3) is 0 Å². The summed E-state index contributed by atoms with van der Waals surface area (Å²) in [5.41, 5.74) is 1.02. The standard InChI is InChI=1S/C15H17ClO/c16-11-2-1-4-13-7-9-15(10-8-13)17-12-14-5-3-6-14/h7-10,14H,2-3,5-6,11-12H2. The monoisotopic (exact) mass is 248 g/mol. The Hall–Kier alpha value is -1.13. The molecule has 0 aromatic heterocycles. The second-order valence-electron chi connectivity index (χ2n) is 4.37. The summed E-state index contributed by atoms with van der Waals surface area (Å²) in [5, 5.41) is 0. The fraction of sp³-hybridized carbons (Fsp3) is 0.467. The highest BCUT2D eigenvalue weighted by atomic mass is 35.5. The molecule has 0 atom stereocenters. The highest BCUT2D eigenvalue weighted by Crippen LogP contribution is 2.27. The van der Waals surface area contributed by atoms with E-state index in [1.807, 2.05) is 24.3 Å². The predicted molar refractivity (Wildman–Crippen MR) is 71.5 cm³/mol. The molecule has 0 saturated heterocycles. The van der Waals surface area contributed by atoms with Crippen LogP contribution in [0.4, 0.5) is 0 Å². The first-order chi connectivity index (χ1) is 8.38. The summed E-state index contributed by atoms with van der Waals surface area (Å²) in [6.07, 6.45) is 4.74. The number of rotatable bonds is 4. The van der Waals surface area contributed by atoms with E-state index in [0.29, 0.717) is 5.88 Å². The second kappa shape index (κ2) is 6.57. The molecule has 1 nitrogen and oxygen atoms in total. The first kappa shape index (κ1) is 12.3. The van der Waals surface area contributed by atoms with Gasteiger partial charge in [0, 0.05) is 17.9 Å². The van der Waals surface area contributed by atoms with Gasteiger partial charge in [-0.3, -0.25) is 0 Å². The van der Waals surface area contributed by atoms with Crippen LogP contribution in [0.2, 0.25) is 0 Å². The van der Waals surface area contributed by atoms with Gasteiger partial charge in [-0.25, -0.2) is 0 Å². The molecule has 2 rings (SSSR count). The molecular weight excluding hydrogens is 232 g/mol. The summed E-state index contributed by atoms with van der Waals surface area (Å²) >= 11 is 5.56. The van der Waals surface area contributed by atoms with E-state index in [4.69, 9.17) is 16.3 Å². The molecular formula is C15H17ClO. The molecule has 0 radical (unpaired) electrons. The first-order valence-corrected chi connectivity index (χ1v) is 6.69. The van der Waals surface area contributed by atoms with Gasteiger partial charge in [0.15, 0.2) is 0 Å². The van der Waals surface area contributed by atoms with Crippen LogP contribution in [0.5, 0.6) is 5.75 Å². The van der Waals surface area contributed by atoms with E-state index >= 15 is 0 Å². The molecule has 0 unspecified atom stereocenters. The Kier molecular flexibility index (Phi) is 4.76. The zero-order chi connectivity index (χ0) is 11.9. The van der Waals surface area contributed by atoms with Crippen LogP contribution in [0.1, 0.15) is 31.2 Å². The topological polar surface area (TPSA) is 9.23 Å². The van der Waals surface area contributed by atoms with Crippen LogP contribution in [0.25, 0.3) is 0 Å². The number of halogens is 1. The summed E-state index contributed by atoms with van der Waals surface area (Å²) in [7, 11) is 0. The summed E-state index contributed by atoms with van der Waals surface area (Å²) in [6, 6.07) is 7.97. The Bertz CT molecular complexity index is 395. The average Bonchev–Trinajstić information content (AvgIpc) is 2.29. The smallest absolute Gasteiger partial charge is 0.119 e. The molecule has 90 valence electrons. The second-order valence-corrected chi connectivity index (χ2v) is 4.75. The van der Waals surface area contributed by atoms with Crippen molar-refractivity contribution in [2.75, 3.05) is 12.5 Å². The molecule has 0 amide bonds. The van der Waals surface area contributed by atoms with E-state index in [9.17, 15) is 0 Å². The van der Waals surface area contributed by atoms with Gasteiger partial charge in [-0.2, -0.15) is 0 Å². The van der Waals surface area contributed by atoms with Crippen molar-refractivity contribution in [1.82, 2.24) is 0 Å². The summed E-state index contributed by atoms with van der Waals surface area (Å²) in [5.74, 6) is 8.40. The summed E-state index contributed by atoms with van der Waals surface area (Å²) < 4.78 is 5.72. The maximum Gasteiger partial charge on any atom is 0.119 e. The summed E-state index contributed by atoms with van der Waals surface area (Å²) in [6.45, 7) is 0.858. The third kappa shape index (κ3) is 3.98. The minimum absolute atomic E-state index is 0.593. The molecule has 0 aliphatic heterocycles. The lowest BCUT2D eigenvalue weighted by Gasteiger charge is -2.25. The molecule has 17 heavy (non-hydrogen) atoms. The van der Waals surface area contributed by atoms with E-state index in [0.717, 1.165) is 30.3 Å². The Labute approximate surface area is 108 Å². The maximum absolute atomic E-state index is 5.72. The van der Waals surface area contributed by atoms with Crippen molar-refractivity contribution in [1.29, 1.82) is 0 Å². The van der Waals surface area contributed by atoms with Crippen LogP contribution >= 0.6 is 11.6 Å². The molecule has 0 heterocycles. The molecule has 1 fully saturated rings. The quantitative estimate of drug-likeness (QED) is 0.581. The minimum atomic E-state index is 0.593. The molecule has 1 aliphatic carbocycles. The molecule has 2 heteroatoms. The lowest BCUT2D eigenvalue weighted by atomic mass is 9.86. The van der Waals surface area contributed by atoms with E-state index in [2.05, 4.69) is 11.8 Å². The number of alkyl halides is 1. The fourth-order valence-corrected chi connectivity index (χ4v) is 1.81. The molecule has 1 aromatic carbocycles. The van der Waals surface area contributed by atoms with Crippen molar-refractivity contribution >= 4 is 11.6 Å². The molecule has 1 saturated carbocycles. The van der Waals surface area contributed by atoms with Gasteiger partial charge in [0.05, 0.1) is 6.61 Å². The van der Waals surface area contributed by atoms with Crippen molar-refractivity contribution in [3.05, 3.63) is 29.8 Å². The van der Waals surface area contributed by atoms with Crippen molar-refractivity contribution < 1.29 is 4.74 Å². The number of ether oxygens (including phenoxy) is 1. The number of hydrogen-bond donors (Lipinski definition) is 0. The molecule has 1 aliphatic rings. The Morgan fingerprint density at radius 2 is 2.00 bits per heavy atom. The van der Waals surface area contributed by atoms with Gasteiger partial charge in [-0.15, -0.1) is 11.6 Å². The third-order valence-corrected chi connectivity index (χ3v) is 3.21. The van der Waals surface area contributed by atoms with Crippen molar-refractivity contribution in [3.63, 3.8) is 0 Å². The van der Waals surface area contributed by atoms with E-state index in [1.54, 1.807) is 0 Å². The van der Waals surface area contributed by atoms with E-state index in [1.165, 1.54) is 19.3 Å². The van der Waals surface area contributed by atoms with Crippen LogP contribution in [0, 0.1) is 17.8 Å². The van der Waals surface area contributed by atoms with Gasteiger partial charge in [-0.1, -0.05) is 18.3 Å². The molecule has 0 N–H and O–H groups in total. The zero-order valence-corrected chi connectivity index (χ0v) is 10.7. The zero-order valence-electron chi connectivity index (χ0n) is 9.92. The van der Waals surface area contributed by atoms with Crippen molar-refractivity contribution in [2.45, 2.75) is 25.7 Å². The van der Waals surface area contributed by atoms with Gasteiger partial charge in [0.2, 0.25) is 0 Å². The number of hydrogen-bond acceptors (Lipinski definition) is 1. The fourth-order valence-electron chi connectivity index (χ4n) is 1.72. The molecule has 0 spiro atoms.